The lowest BCUT2D eigenvalue weighted by Crippen LogP contribution is -2.42. The summed E-state index contributed by atoms with van der Waals surface area (Å²) in [5, 5.41) is 11.2. The fourth-order valence-electron chi connectivity index (χ4n) is 1.22. The van der Waals surface area contributed by atoms with Gasteiger partial charge in [0.15, 0.2) is 0 Å². The first-order chi connectivity index (χ1) is 6.52. The van der Waals surface area contributed by atoms with Crippen molar-refractivity contribution < 1.29 is 14.7 Å². The van der Waals surface area contributed by atoms with E-state index in [1.54, 1.807) is 6.92 Å². The molecule has 1 unspecified atom stereocenters. The molecule has 1 amide bonds. The average molecular weight is 201 g/mol. The molecule has 0 aliphatic rings. The quantitative estimate of drug-likeness (QED) is 0.682. The van der Waals surface area contributed by atoms with Crippen LogP contribution in [0.25, 0.3) is 0 Å². The van der Waals surface area contributed by atoms with Gasteiger partial charge in [0.2, 0.25) is 5.91 Å². The minimum atomic E-state index is -0.968. The first-order valence-electron chi connectivity index (χ1n) is 5.06. The highest BCUT2D eigenvalue weighted by Crippen LogP contribution is 2.05. The Morgan fingerprint density at radius 2 is 1.93 bits per heavy atom. The number of nitrogens with one attached hydrogen (secondary N) is 1. The summed E-state index contributed by atoms with van der Waals surface area (Å²) in [5.74, 6) is -1.24. The number of aliphatic carboxylic acids is 1. The predicted octanol–water partition coefficient (Wildman–Crippen LogP) is 1.40. The van der Waals surface area contributed by atoms with Crippen molar-refractivity contribution in [2.24, 2.45) is 5.92 Å². The molecule has 0 bridgehead atoms. The standard InChI is InChI=1S/C10H19NO3/c1-4-6-7(3)9(12)11-8(5-2)10(13)14/h7-8H,4-6H2,1-3H3,(H,11,12)(H,13,14)/t7?,8-/m1/s1. The van der Waals surface area contributed by atoms with Crippen LogP contribution in [0.4, 0.5) is 0 Å². The number of carbonyl (C=O) groups is 2. The molecule has 2 atom stereocenters. The van der Waals surface area contributed by atoms with Crippen LogP contribution in [0.2, 0.25) is 0 Å². The van der Waals surface area contributed by atoms with Crippen molar-refractivity contribution in [1.29, 1.82) is 0 Å². The molecule has 0 saturated heterocycles. The van der Waals surface area contributed by atoms with Gasteiger partial charge >= 0.3 is 5.97 Å². The smallest absolute Gasteiger partial charge is 0.326 e. The Bertz CT molecular complexity index is 204. The second-order valence-corrected chi connectivity index (χ2v) is 3.50. The van der Waals surface area contributed by atoms with E-state index in [0.717, 1.165) is 12.8 Å². The van der Waals surface area contributed by atoms with Gasteiger partial charge < -0.3 is 10.4 Å². The van der Waals surface area contributed by atoms with E-state index in [1.807, 2.05) is 13.8 Å². The van der Waals surface area contributed by atoms with Crippen molar-refractivity contribution in [2.45, 2.75) is 46.1 Å². The summed E-state index contributed by atoms with van der Waals surface area (Å²) in [4.78, 5) is 22.1. The molecule has 82 valence electrons. The van der Waals surface area contributed by atoms with Crippen LogP contribution in [-0.2, 0) is 9.59 Å². The van der Waals surface area contributed by atoms with Crippen molar-refractivity contribution >= 4 is 11.9 Å². The number of carbonyl (C=O) groups excluding carboxylic acids is 1. The first kappa shape index (κ1) is 12.9. The zero-order valence-electron chi connectivity index (χ0n) is 9.04. The van der Waals surface area contributed by atoms with Crippen molar-refractivity contribution in [2.75, 3.05) is 0 Å². The minimum absolute atomic E-state index is 0.103. The zero-order valence-corrected chi connectivity index (χ0v) is 9.04. The largest absolute Gasteiger partial charge is 0.480 e. The molecule has 14 heavy (non-hydrogen) atoms. The second-order valence-electron chi connectivity index (χ2n) is 3.50. The lowest BCUT2D eigenvalue weighted by molar-refractivity contribution is -0.142. The summed E-state index contributed by atoms with van der Waals surface area (Å²) in [7, 11) is 0. The molecule has 0 saturated carbocycles. The number of carboxylic acid groups (broad SMARTS) is 1. The fourth-order valence-corrected chi connectivity index (χ4v) is 1.22. The van der Waals surface area contributed by atoms with Gasteiger partial charge in [-0.2, -0.15) is 0 Å². The van der Waals surface area contributed by atoms with Crippen LogP contribution in [0.5, 0.6) is 0 Å². The van der Waals surface area contributed by atoms with Crippen LogP contribution in [0.1, 0.15) is 40.0 Å². The van der Waals surface area contributed by atoms with Crippen LogP contribution < -0.4 is 5.32 Å². The van der Waals surface area contributed by atoms with Gasteiger partial charge in [-0.05, 0) is 12.8 Å². The molecule has 0 aromatic rings. The SMILES string of the molecule is CCCC(C)C(=O)N[C@H](CC)C(=O)O. The van der Waals surface area contributed by atoms with Gasteiger partial charge in [0.05, 0.1) is 0 Å². The maximum Gasteiger partial charge on any atom is 0.326 e. The van der Waals surface area contributed by atoms with Gasteiger partial charge in [0, 0.05) is 5.92 Å². The molecule has 0 aliphatic heterocycles. The third-order valence-corrected chi connectivity index (χ3v) is 2.19. The van der Waals surface area contributed by atoms with Crippen molar-refractivity contribution in [3.8, 4) is 0 Å². The number of rotatable bonds is 6. The summed E-state index contributed by atoms with van der Waals surface area (Å²) in [6.45, 7) is 5.55. The lowest BCUT2D eigenvalue weighted by Gasteiger charge is -2.15. The van der Waals surface area contributed by atoms with E-state index in [1.165, 1.54) is 0 Å². The molecule has 0 spiro atoms. The van der Waals surface area contributed by atoms with E-state index in [4.69, 9.17) is 5.11 Å². The molecular weight excluding hydrogens is 182 g/mol. The Morgan fingerprint density at radius 1 is 1.36 bits per heavy atom. The Balaban J connectivity index is 4.08. The first-order valence-corrected chi connectivity index (χ1v) is 5.06. The molecule has 0 aromatic heterocycles. The Hall–Kier alpha value is -1.06. The fraction of sp³-hybridized carbons (Fsp3) is 0.800. The van der Waals surface area contributed by atoms with Crippen LogP contribution >= 0.6 is 0 Å². The summed E-state index contributed by atoms with van der Waals surface area (Å²) < 4.78 is 0. The van der Waals surface area contributed by atoms with Gasteiger partial charge in [0.25, 0.3) is 0 Å². The topological polar surface area (TPSA) is 66.4 Å². The lowest BCUT2D eigenvalue weighted by atomic mass is 10.0. The van der Waals surface area contributed by atoms with Crippen LogP contribution in [-0.4, -0.2) is 23.0 Å². The molecule has 0 fully saturated rings. The zero-order chi connectivity index (χ0) is 11.1. The number of amides is 1. The van der Waals surface area contributed by atoms with E-state index in [9.17, 15) is 9.59 Å². The monoisotopic (exact) mass is 201 g/mol. The van der Waals surface area contributed by atoms with Crippen LogP contribution in [0.3, 0.4) is 0 Å². The minimum Gasteiger partial charge on any atom is -0.480 e. The maximum absolute atomic E-state index is 11.4. The number of carboxylic acids is 1. The highest BCUT2D eigenvalue weighted by Gasteiger charge is 2.20. The number of hydrogen-bond acceptors (Lipinski definition) is 2. The Labute approximate surface area is 84.7 Å². The van der Waals surface area contributed by atoms with Crippen molar-refractivity contribution in [1.82, 2.24) is 5.32 Å². The Morgan fingerprint density at radius 3 is 2.29 bits per heavy atom. The summed E-state index contributed by atoms with van der Waals surface area (Å²) >= 11 is 0. The highest BCUT2D eigenvalue weighted by atomic mass is 16.4. The molecule has 0 heterocycles. The normalized spacial score (nSPS) is 14.5. The summed E-state index contributed by atoms with van der Waals surface area (Å²) in [6, 6.07) is -0.748. The van der Waals surface area contributed by atoms with Gasteiger partial charge in [-0.3, -0.25) is 4.79 Å². The molecule has 2 N–H and O–H groups in total. The third kappa shape index (κ3) is 4.25. The molecule has 4 heteroatoms. The van der Waals surface area contributed by atoms with Crippen LogP contribution in [0, 0.1) is 5.92 Å². The molecule has 0 rings (SSSR count). The van der Waals surface area contributed by atoms with Gasteiger partial charge in [-0.15, -0.1) is 0 Å². The van der Waals surface area contributed by atoms with Gasteiger partial charge in [0.1, 0.15) is 6.04 Å². The van der Waals surface area contributed by atoms with E-state index in [0.29, 0.717) is 6.42 Å². The molecular formula is C10H19NO3. The molecule has 0 aromatic carbocycles. The molecule has 0 aliphatic carbocycles. The van der Waals surface area contributed by atoms with Crippen LogP contribution in [0.15, 0.2) is 0 Å². The second kappa shape index (κ2) is 6.40. The maximum atomic E-state index is 11.4. The van der Waals surface area contributed by atoms with Gasteiger partial charge in [-0.25, -0.2) is 4.79 Å². The molecule has 0 radical (unpaired) electrons. The van der Waals surface area contributed by atoms with Crippen molar-refractivity contribution in [3.63, 3.8) is 0 Å². The number of hydrogen-bond donors (Lipinski definition) is 2. The Kier molecular flexibility index (Phi) is 5.92. The van der Waals surface area contributed by atoms with Gasteiger partial charge in [-0.1, -0.05) is 27.2 Å². The van der Waals surface area contributed by atoms with Crippen molar-refractivity contribution in [3.05, 3.63) is 0 Å². The van der Waals surface area contributed by atoms with E-state index >= 15 is 0 Å². The predicted molar refractivity (Wildman–Crippen MR) is 53.9 cm³/mol. The summed E-state index contributed by atoms with van der Waals surface area (Å²) in [6.07, 6.45) is 2.14. The third-order valence-electron chi connectivity index (χ3n) is 2.19. The summed E-state index contributed by atoms with van der Waals surface area (Å²) in [5.41, 5.74) is 0. The molecule has 4 nitrogen and oxygen atoms in total. The van der Waals surface area contributed by atoms with E-state index in [2.05, 4.69) is 5.32 Å². The average Bonchev–Trinajstić information content (AvgIpc) is 2.13. The van der Waals surface area contributed by atoms with E-state index in [-0.39, 0.29) is 11.8 Å². The highest BCUT2D eigenvalue weighted by molar-refractivity contribution is 5.84. The van der Waals surface area contributed by atoms with E-state index < -0.39 is 12.0 Å².